The highest BCUT2D eigenvalue weighted by atomic mass is 16.3. The summed E-state index contributed by atoms with van der Waals surface area (Å²) in [5.41, 5.74) is 6.11. The smallest absolute Gasteiger partial charge is 0.217 e. The SMILES string of the molecule is NC(=O)CCCNCc1ccc(O)cc1. The summed E-state index contributed by atoms with van der Waals surface area (Å²) < 4.78 is 0. The number of amides is 1. The van der Waals surface area contributed by atoms with Gasteiger partial charge in [-0.15, -0.1) is 0 Å². The van der Waals surface area contributed by atoms with Crippen molar-refractivity contribution in [3.8, 4) is 5.75 Å². The van der Waals surface area contributed by atoms with Gasteiger partial charge in [0.1, 0.15) is 5.75 Å². The van der Waals surface area contributed by atoms with Crippen molar-refractivity contribution in [2.24, 2.45) is 5.73 Å². The van der Waals surface area contributed by atoms with E-state index in [9.17, 15) is 4.79 Å². The molecule has 0 heterocycles. The van der Waals surface area contributed by atoms with Crippen LogP contribution in [-0.4, -0.2) is 17.6 Å². The highest BCUT2D eigenvalue weighted by molar-refractivity contribution is 5.73. The first-order valence-electron chi connectivity index (χ1n) is 4.95. The second-order valence-electron chi connectivity index (χ2n) is 3.41. The molecule has 0 saturated heterocycles. The maximum atomic E-state index is 10.4. The standard InChI is InChI=1S/C11H16N2O2/c12-11(15)2-1-7-13-8-9-3-5-10(14)6-4-9/h3-6,13-14H,1-2,7-8H2,(H2,12,15). The molecule has 0 aliphatic heterocycles. The Hall–Kier alpha value is -1.55. The lowest BCUT2D eigenvalue weighted by molar-refractivity contribution is -0.118. The summed E-state index contributed by atoms with van der Waals surface area (Å²) >= 11 is 0. The summed E-state index contributed by atoms with van der Waals surface area (Å²) in [7, 11) is 0. The second kappa shape index (κ2) is 6.03. The number of primary amides is 1. The minimum atomic E-state index is -0.263. The molecule has 0 aliphatic rings. The summed E-state index contributed by atoms with van der Waals surface area (Å²) in [6, 6.07) is 7.02. The van der Waals surface area contributed by atoms with Gasteiger partial charge in [0.15, 0.2) is 0 Å². The number of carbonyl (C=O) groups is 1. The van der Waals surface area contributed by atoms with Gasteiger partial charge < -0.3 is 16.2 Å². The van der Waals surface area contributed by atoms with Gasteiger partial charge in [-0.1, -0.05) is 12.1 Å². The molecule has 0 aliphatic carbocycles. The van der Waals surface area contributed by atoms with E-state index in [0.717, 1.165) is 25.1 Å². The number of hydrogen-bond acceptors (Lipinski definition) is 3. The lowest BCUT2D eigenvalue weighted by atomic mass is 10.2. The molecule has 1 aromatic carbocycles. The molecule has 1 aromatic rings. The summed E-state index contributed by atoms with van der Waals surface area (Å²) in [5.74, 6) is 0.00825. The van der Waals surface area contributed by atoms with Crippen LogP contribution >= 0.6 is 0 Å². The number of nitrogens with two attached hydrogens (primary N) is 1. The number of benzene rings is 1. The molecule has 0 bridgehead atoms. The summed E-state index contributed by atoms with van der Waals surface area (Å²) in [4.78, 5) is 10.4. The molecule has 4 nitrogen and oxygen atoms in total. The predicted molar refractivity (Wildman–Crippen MR) is 58.2 cm³/mol. The van der Waals surface area contributed by atoms with Crippen LogP contribution in [0.2, 0.25) is 0 Å². The summed E-state index contributed by atoms with van der Waals surface area (Å²) in [6.45, 7) is 1.50. The van der Waals surface area contributed by atoms with Crippen LogP contribution in [0.5, 0.6) is 5.75 Å². The number of aromatic hydroxyl groups is 1. The molecule has 15 heavy (non-hydrogen) atoms. The van der Waals surface area contributed by atoms with Crippen molar-refractivity contribution in [3.63, 3.8) is 0 Å². The van der Waals surface area contributed by atoms with Gasteiger partial charge in [0.25, 0.3) is 0 Å². The molecule has 0 radical (unpaired) electrons. The topological polar surface area (TPSA) is 75.4 Å². The summed E-state index contributed by atoms with van der Waals surface area (Å²) in [6.07, 6.45) is 1.18. The number of phenolic OH excluding ortho intramolecular Hbond substituents is 1. The highest BCUT2D eigenvalue weighted by Crippen LogP contribution is 2.08. The van der Waals surface area contributed by atoms with Crippen LogP contribution in [0.1, 0.15) is 18.4 Å². The van der Waals surface area contributed by atoms with Crippen LogP contribution in [0.25, 0.3) is 0 Å². The molecule has 0 saturated carbocycles. The summed E-state index contributed by atoms with van der Waals surface area (Å²) in [5, 5.41) is 12.2. The molecular formula is C11H16N2O2. The van der Waals surface area contributed by atoms with Gasteiger partial charge in [0.05, 0.1) is 0 Å². The lowest BCUT2D eigenvalue weighted by Gasteiger charge is -2.03. The maximum Gasteiger partial charge on any atom is 0.217 e. The number of nitrogens with one attached hydrogen (secondary N) is 1. The minimum Gasteiger partial charge on any atom is -0.508 e. The van der Waals surface area contributed by atoms with E-state index in [0.29, 0.717) is 6.42 Å². The van der Waals surface area contributed by atoms with Crippen molar-refractivity contribution in [3.05, 3.63) is 29.8 Å². The Morgan fingerprint density at radius 1 is 1.33 bits per heavy atom. The van der Waals surface area contributed by atoms with Crippen molar-refractivity contribution in [2.45, 2.75) is 19.4 Å². The molecule has 1 amide bonds. The Labute approximate surface area is 89.1 Å². The lowest BCUT2D eigenvalue weighted by Crippen LogP contribution is -2.18. The minimum absolute atomic E-state index is 0.263. The van der Waals surface area contributed by atoms with Crippen molar-refractivity contribution in [2.75, 3.05) is 6.54 Å². The Bertz CT molecular complexity index is 309. The van der Waals surface area contributed by atoms with Gasteiger partial charge in [-0.25, -0.2) is 0 Å². The highest BCUT2D eigenvalue weighted by Gasteiger charge is 1.95. The van der Waals surface area contributed by atoms with Gasteiger partial charge in [0.2, 0.25) is 5.91 Å². The van der Waals surface area contributed by atoms with Gasteiger partial charge in [0, 0.05) is 13.0 Å². The third-order valence-electron chi connectivity index (χ3n) is 2.04. The van der Waals surface area contributed by atoms with Crippen LogP contribution in [0, 0.1) is 0 Å². The second-order valence-corrected chi connectivity index (χ2v) is 3.41. The van der Waals surface area contributed by atoms with Gasteiger partial charge in [-0.05, 0) is 30.7 Å². The molecule has 4 heteroatoms. The molecule has 0 atom stereocenters. The molecule has 0 spiro atoms. The van der Waals surface area contributed by atoms with Crippen LogP contribution in [0.3, 0.4) is 0 Å². The monoisotopic (exact) mass is 208 g/mol. The zero-order valence-corrected chi connectivity index (χ0v) is 8.57. The van der Waals surface area contributed by atoms with E-state index in [1.807, 2.05) is 12.1 Å². The molecule has 0 aromatic heterocycles. The van der Waals surface area contributed by atoms with Crippen LogP contribution in [0.4, 0.5) is 0 Å². The fourth-order valence-electron chi connectivity index (χ4n) is 1.23. The Morgan fingerprint density at radius 3 is 2.60 bits per heavy atom. The van der Waals surface area contributed by atoms with Crippen molar-refractivity contribution in [1.82, 2.24) is 5.32 Å². The number of phenols is 1. The van der Waals surface area contributed by atoms with Crippen molar-refractivity contribution in [1.29, 1.82) is 0 Å². The molecule has 1 rings (SSSR count). The van der Waals surface area contributed by atoms with Crippen molar-refractivity contribution >= 4 is 5.91 Å². The maximum absolute atomic E-state index is 10.4. The van der Waals surface area contributed by atoms with E-state index in [-0.39, 0.29) is 11.7 Å². The normalized spacial score (nSPS) is 10.1. The van der Waals surface area contributed by atoms with E-state index in [2.05, 4.69) is 5.32 Å². The zero-order chi connectivity index (χ0) is 11.1. The van der Waals surface area contributed by atoms with Crippen LogP contribution in [-0.2, 0) is 11.3 Å². The third-order valence-corrected chi connectivity index (χ3v) is 2.04. The van der Waals surface area contributed by atoms with Gasteiger partial charge in [-0.2, -0.15) is 0 Å². The molecule has 0 fully saturated rings. The fraction of sp³-hybridized carbons (Fsp3) is 0.364. The van der Waals surface area contributed by atoms with Crippen LogP contribution < -0.4 is 11.1 Å². The molecule has 0 unspecified atom stereocenters. The van der Waals surface area contributed by atoms with Crippen molar-refractivity contribution < 1.29 is 9.90 Å². The molecule has 82 valence electrons. The average molecular weight is 208 g/mol. The number of rotatable bonds is 6. The quantitative estimate of drug-likeness (QED) is 0.604. The van der Waals surface area contributed by atoms with Crippen LogP contribution in [0.15, 0.2) is 24.3 Å². The van der Waals surface area contributed by atoms with E-state index < -0.39 is 0 Å². The van der Waals surface area contributed by atoms with E-state index in [1.54, 1.807) is 12.1 Å². The Kier molecular flexibility index (Phi) is 4.63. The fourth-order valence-corrected chi connectivity index (χ4v) is 1.23. The van der Waals surface area contributed by atoms with E-state index in [4.69, 9.17) is 10.8 Å². The Morgan fingerprint density at radius 2 is 2.00 bits per heavy atom. The first-order chi connectivity index (χ1) is 7.18. The van der Waals surface area contributed by atoms with E-state index >= 15 is 0 Å². The van der Waals surface area contributed by atoms with Gasteiger partial charge in [-0.3, -0.25) is 4.79 Å². The van der Waals surface area contributed by atoms with E-state index in [1.165, 1.54) is 0 Å². The molecular weight excluding hydrogens is 192 g/mol. The molecule has 4 N–H and O–H groups in total. The number of carbonyl (C=O) groups excluding carboxylic acids is 1. The first kappa shape index (κ1) is 11.5. The largest absolute Gasteiger partial charge is 0.508 e. The Balaban J connectivity index is 2.15. The van der Waals surface area contributed by atoms with Gasteiger partial charge >= 0.3 is 0 Å². The average Bonchev–Trinajstić information content (AvgIpc) is 2.20. The predicted octanol–water partition coefficient (Wildman–Crippen LogP) is 0.747. The zero-order valence-electron chi connectivity index (χ0n) is 8.57. The number of hydrogen-bond donors (Lipinski definition) is 3. The third kappa shape index (κ3) is 5.02. The first-order valence-corrected chi connectivity index (χ1v) is 4.95.